The van der Waals surface area contributed by atoms with Crippen LogP contribution in [0.1, 0.15) is 12.8 Å². The molecule has 1 N–H and O–H groups in total. The number of piperidine rings is 1. The van der Waals surface area contributed by atoms with Gasteiger partial charge in [0.2, 0.25) is 5.91 Å². The molecule has 0 radical (unpaired) electrons. The summed E-state index contributed by atoms with van der Waals surface area (Å²) in [6, 6.07) is -0.00880. The van der Waals surface area contributed by atoms with Crippen LogP contribution in [0.15, 0.2) is 12.3 Å². The summed E-state index contributed by atoms with van der Waals surface area (Å²) in [5.41, 5.74) is 0.918. The van der Waals surface area contributed by atoms with Crippen molar-refractivity contribution < 1.29 is 4.79 Å². The number of allylic oxidation sites excluding steroid dienone is 1. The van der Waals surface area contributed by atoms with Crippen molar-refractivity contribution >= 4 is 5.91 Å². The van der Waals surface area contributed by atoms with E-state index in [0.29, 0.717) is 0 Å². The van der Waals surface area contributed by atoms with Crippen LogP contribution in [0.2, 0.25) is 0 Å². The summed E-state index contributed by atoms with van der Waals surface area (Å²) in [4.78, 5) is 13.0. The fraction of sp³-hybridized carbons (Fsp3) is 0.625. The number of likely N-dealkylation sites (N-methyl/N-ethyl adjacent to an activating group) is 2. The van der Waals surface area contributed by atoms with E-state index >= 15 is 0 Å². The first-order chi connectivity index (χ1) is 5.16. The third-order valence-electron chi connectivity index (χ3n) is 2.17. The first-order valence-electron chi connectivity index (χ1n) is 3.79. The first kappa shape index (κ1) is 8.27. The predicted molar refractivity (Wildman–Crippen MR) is 44.0 cm³/mol. The lowest BCUT2D eigenvalue weighted by Crippen LogP contribution is -2.46. The van der Waals surface area contributed by atoms with Crippen molar-refractivity contribution in [3.63, 3.8) is 0 Å². The minimum atomic E-state index is -0.00880. The number of hydrogen-bond donors (Lipinski definition) is 1. The molecule has 1 aliphatic heterocycles. The number of carbonyl (C=O) groups is 1. The van der Waals surface area contributed by atoms with Gasteiger partial charge in [0.15, 0.2) is 0 Å². The van der Waals surface area contributed by atoms with Crippen molar-refractivity contribution in [2.24, 2.45) is 0 Å². The molecule has 0 aromatic heterocycles. The monoisotopic (exact) mass is 154 g/mol. The minimum Gasteiger partial charge on any atom is -0.319 e. The number of likely N-dealkylation sites (tertiary alicyclic amines) is 1. The molecule has 3 heteroatoms. The van der Waals surface area contributed by atoms with Crippen molar-refractivity contribution in [1.82, 2.24) is 10.2 Å². The second kappa shape index (κ2) is 3.05. The number of carbonyl (C=O) groups excluding carboxylic acids is 1. The molecular formula is C8H14N2O. The number of rotatable bonds is 1. The largest absolute Gasteiger partial charge is 0.319 e. The van der Waals surface area contributed by atoms with Crippen LogP contribution in [0.25, 0.3) is 0 Å². The van der Waals surface area contributed by atoms with E-state index in [1.165, 1.54) is 0 Å². The van der Waals surface area contributed by atoms with E-state index in [2.05, 4.69) is 11.9 Å². The Morgan fingerprint density at radius 3 is 2.91 bits per heavy atom. The molecular weight excluding hydrogens is 140 g/mol. The van der Waals surface area contributed by atoms with Gasteiger partial charge >= 0.3 is 0 Å². The van der Waals surface area contributed by atoms with Crippen LogP contribution in [0, 0.1) is 0 Å². The van der Waals surface area contributed by atoms with Crippen LogP contribution < -0.4 is 5.32 Å². The van der Waals surface area contributed by atoms with E-state index in [1.807, 2.05) is 7.05 Å². The number of nitrogens with zero attached hydrogens (tertiary/aromatic N) is 1. The van der Waals surface area contributed by atoms with Crippen LogP contribution in [0.5, 0.6) is 0 Å². The highest BCUT2D eigenvalue weighted by atomic mass is 16.2. The third kappa shape index (κ3) is 1.43. The maximum absolute atomic E-state index is 11.4. The highest BCUT2D eigenvalue weighted by Gasteiger charge is 2.26. The lowest BCUT2D eigenvalue weighted by atomic mass is 10.0. The second-order valence-corrected chi connectivity index (χ2v) is 2.84. The van der Waals surface area contributed by atoms with Gasteiger partial charge in [-0.25, -0.2) is 0 Å². The summed E-state index contributed by atoms with van der Waals surface area (Å²) in [5, 5.41) is 2.97. The van der Waals surface area contributed by atoms with Crippen molar-refractivity contribution in [2.75, 3.05) is 14.1 Å². The number of amides is 1. The average molecular weight is 154 g/mol. The first-order valence-corrected chi connectivity index (χ1v) is 3.79. The highest BCUT2D eigenvalue weighted by molar-refractivity contribution is 5.84. The van der Waals surface area contributed by atoms with E-state index in [9.17, 15) is 4.79 Å². The van der Waals surface area contributed by atoms with E-state index < -0.39 is 0 Å². The molecule has 0 saturated carbocycles. The van der Waals surface area contributed by atoms with E-state index in [1.54, 1.807) is 11.9 Å². The maximum Gasteiger partial charge on any atom is 0.243 e. The Morgan fingerprint density at radius 1 is 1.73 bits per heavy atom. The van der Waals surface area contributed by atoms with Gasteiger partial charge in [-0.15, -0.1) is 0 Å². The molecule has 1 atom stereocenters. The number of nitrogens with one attached hydrogen (secondary N) is 1. The Labute approximate surface area is 67.1 Å². The molecule has 3 nitrogen and oxygen atoms in total. The molecule has 1 unspecified atom stereocenters. The summed E-state index contributed by atoms with van der Waals surface area (Å²) in [7, 11) is 3.58. The van der Waals surface area contributed by atoms with Gasteiger partial charge in [-0.05, 0) is 19.9 Å². The molecule has 1 rings (SSSR count). The Hall–Kier alpha value is -0.830. The van der Waals surface area contributed by atoms with Crippen LogP contribution in [0.4, 0.5) is 0 Å². The molecule has 62 valence electrons. The highest BCUT2D eigenvalue weighted by Crippen LogP contribution is 2.17. The zero-order valence-corrected chi connectivity index (χ0v) is 7.05. The van der Waals surface area contributed by atoms with Crippen molar-refractivity contribution in [3.8, 4) is 0 Å². The van der Waals surface area contributed by atoms with Crippen LogP contribution in [-0.2, 0) is 4.79 Å². The summed E-state index contributed by atoms with van der Waals surface area (Å²) in [6.07, 6.45) is 1.78. The molecule has 1 amide bonds. The third-order valence-corrected chi connectivity index (χ3v) is 2.17. The molecule has 1 saturated heterocycles. The van der Waals surface area contributed by atoms with Crippen LogP contribution in [-0.4, -0.2) is 30.9 Å². The summed E-state index contributed by atoms with van der Waals surface area (Å²) >= 11 is 0. The van der Waals surface area contributed by atoms with Crippen molar-refractivity contribution in [1.29, 1.82) is 0 Å². The van der Waals surface area contributed by atoms with Gasteiger partial charge in [-0.1, -0.05) is 6.58 Å². The van der Waals surface area contributed by atoms with Crippen LogP contribution in [0.3, 0.4) is 0 Å². The molecule has 1 fully saturated rings. The van der Waals surface area contributed by atoms with Gasteiger partial charge < -0.3 is 10.2 Å². The average Bonchev–Trinajstić information content (AvgIpc) is 2.01. The van der Waals surface area contributed by atoms with E-state index in [0.717, 1.165) is 18.5 Å². The molecule has 1 heterocycles. The lowest BCUT2D eigenvalue weighted by molar-refractivity contribution is -0.131. The normalized spacial score (nSPS) is 26.0. The van der Waals surface area contributed by atoms with Crippen molar-refractivity contribution in [3.05, 3.63) is 12.3 Å². The van der Waals surface area contributed by atoms with Gasteiger partial charge in [0.1, 0.15) is 0 Å². The molecule has 1 aliphatic rings. The zero-order valence-electron chi connectivity index (χ0n) is 7.05. The lowest BCUT2D eigenvalue weighted by Gasteiger charge is -2.30. The Bertz CT molecular complexity index is 189. The Kier molecular flexibility index (Phi) is 2.29. The van der Waals surface area contributed by atoms with Crippen LogP contribution >= 0.6 is 0 Å². The van der Waals surface area contributed by atoms with Gasteiger partial charge in [0.05, 0.1) is 6.04 Å². The second-order valence-electron chi connectivity index (χ2n) is 2.84. The Morgan fingerprint density at radius 2 is 2.36 bits per heavy atom. The SMILES string of the molecule is C=C1CCC(NC)C(=O)N1C. The molecule has 0 aromatic rings. The predicted octanol–water partition coefficient (Wildman–Crippen LogP) is 0.340. The molecule has 11 heavy (non-hydrogen) atoms. The summed E-state index contributed by atoms with van der Waals surface area (Å²) in [6.45, 7) is 3.79. The summed E-state index contributed by atoms with van der Waals surface area (Å²) in [5.74, 6) is 0.128. The standard InChI is InChI=1S/C8H14N2O/c1-6-4-5-7(9-2)8(11)10(6)3/h7,9H,1,4-5H2,2-3H3. The van der Waals surface area contributed by atoms with Gasteiger partial charge in [-0.2, -0.15) is 0 Å². The molecule has 0 aliphatic carbocycles. The smallest absolute Gasteiger partial charge is 0.243 e. The maximum atomic E-state index is 11.4. The van der Waals surface area contributed by atoms with Gasteiger partial charge in [0, 0.05) is 12.7 Å². The molecule has 0 bridgehead atoms. The number of hydrogen-bond acceptors (Lipinski definition) is 2. The fourth-order valence-corrected chi connectivity index (χ4v) is 1.26. The Balaban J connectivity index is 2.67. The molecule has 0 aromatic carbocycles. The summed E-state index contributed by atoms with van der Waals surface area (Å²) < 4.78 is 0. The van der Waals surface area contributed by atoms with Crippen molar-refractivity contribution in [2.45, 2.75) is 18.9 Å². The van der Waals surface area contributed by atoms with E-state index in [4.69, 9.17) is 0 Å². The van der Waals surface area contributed by atoms with Gasteiger partial charge in [-0.3, -0.25) is 4.79 Å². The minimum absolute atomic E-state index is 0.00880. The molecule has 0 spiro atoms. The van der Waals surface area contributed by atoms with E-state index in [-0.39, 0.29) is 11.9 Å². The topological polar surface area (TPSA) is 32.3 Å². The quantitative estimate of drug-likeness (QED) is 0.590. The zero-order chi connectivity index (χ0) is 8.43. The fourth-order valence-electron chi connectivity index (χ4n) is 1.26. The van der Waals surface area contributed by atoms with Gasteiger partial charge in [0.25, 0.3) is 0 Å².